The average Bonchev–Trinajstić information content (AvgIpc) is 3.14. The Morgan fingerprint density at radius 1 is 1.15 bits per heavy atom. The van der Waals surface area contributed by atoms with Crippen LogP contribution in [-0.4, -0.2) is 23.6 Å². The van der Waals surface area contributed by atoms with Crippen LogP contribution in [0.25, 0.3) is 0 Å². The summed E-state index contributed by atoms with van der Waals surface area (Å²) in [6.07, 6.45) is 0. The van der Waals surface area contributed by atoms with E-state index in [1.54, 1.807) is 17.4 Å². The minimum Gasteiger partial charge on any atom is -0.507 e. The van der Waals surface area contributed by atoms with Gasteiger partial charge in [0.1, 0.15) is 11.3 Å². The molecule has 1 atom stereocenters. The third-order valence-electron chi connectivity index (χ3n) is 4.35. The van der Waals surface area contributed by atoms with Crippen molar-refractivity contribution in [1.82, 2.24) is 5.32 Å². The fourth-order valence-corrected chi connectivity index (χ4v) is 3.44. The van der Waals surface area contributed by atoms with Crippen molar-refractivity contribution in [1.29, 1.82) is 0 Å². The highest BCUT2D eigenvalue weighted by Gasteiger charge is 2.21. The third-order valence-corrected chi connectivity index (χ3v) is 5.41. The van der Waals surface area contributed by atoms with Crippen LogP contribution in [0.5, 0.6) is 5.75 Å². The van der Waals surface area contributed by atoms with Gasteiger partial charge in [-0.1, -0.05) is 39.8 Å². The Kier molecular flexibility index (Phi) is 7.02. The first-order chi connectivity index (χ1) is 12.7. The van der Waals surface area contributed by atoms with Crippen molar-refractivity contribution in [2.75, 3.05) is 6.61 Å². The van der Waals surface area contributed by atoms with Gasteiger partial charge in [-0.05, 0) is 47.4 Å². The molecule has 0 fully saturated rings. The molecule has 6 heteroatoms. The molecule has 1 aromatic carbocycles. The van der Waals surface area contributed by atoms with Gasteiger partial charge in [0.05, 0.1) is 6.04 Å². The fourth-order valence-electron chi connectivity index (χ4n) is 2.71. The van der Waals surface area contributed by atoms with E-state index in [0.29, 0.717) is 5.56 Å². The largest absolute Gasteiger partial charge is 0.507 e. The van der Waals surface area contributed by atoms with Crippen molar-refractivity contribution in [3.05, 3.63) is 51.2 Å². The Balaban J connectivity index is 2.07. The summed E-state index contributed by atoms with van der Waals surface area (Å²) in [6.45, 7) is 9.42. The zero-order chi connectivity index (χ0) is 20.1. The molecule has 0 unspecified atom stereocenters. The zero-order valence-corrected chi connectivity index (χ0v) is 17.2. The van der Waals surface area contributed by atoms with Crippen LogP contribution < -0.4 is 5.32 Å². The maximum absolute atomic E-state index is 12.5. The van der Waals surface area contributed by atoms with Crippen LogP contribution in [0.1, 0.15) is 78.9 Å². The lowest BCUT2D eigenvalue weighted by atomic mass is 9.92. The maximum Gasteiger partial charge on any atom is 0.342 e. The summed E-state index contributed by atoms with van der Waals surface area (Å²) in [6, 6.07) is 7.25. The van der Waals surface area contributed by atoms with Gasteiger partial charge in [0.15, 0.2) is 6.61 Å². The molecule has 2 aromatic rings. The molecule has 0 aliphatic carbocycles. The standard InChI is InChI=1S/C21H27NO4S/c1-12(2)15-9-16(13(3)4)20(24)17(10-15)21(25)26-11-19(23)22-14(5)18-7-6-8-27-18/h6-10,12-14,24H,11H2,1-5H3,(H,22,23)/t14-/m1/s1. The molecule has 0 bridgehead atoms. The molecule has 1 amide bonds. The summed E-state index contributed by atoms with van der Waals surface area (Å²) in [4.78, 5) is 25.6. The quantitative estimate of drug-likeness (QED) is 0.671. The second-order valence-electron chi connectivity index (χ2n) is 7.20. The average molecular weight is 390 g/mol. The molecule has 146 valence electrons. The topological polar surface area (TPSA) is 75.6 Å². The lowest BCUT2D eigenvalue weighted by Crippen LogP contribution is -2.30. The highest BCUT2D eigenvalue weighted by atomic mass is 32.1. The van der Waals surface area contributed by atoms with Crippen LogP contribution in [0.15, 0.2) is 29.6 Å². The van der Waals surface area contributed by atoms with Gasteiger partial charge >= 0.3 is 5.97 Å². The van der Waals surface area contributed by atoms with Crippen molar-refractivity contribution in [3.8, 4) is 5.75 Å². The number of carbonyl (C=O) groups excluding carboxylic acids is 2. The zero-order valence-electron chi connectivity index (χ0n) is 16.4. The third kappa shape index (κ3) is 5.32. The number of aromatic hydroxyl groups is 1. The summed E-state index contributed by atoms with van der Waals surface area (Å²) in [7, 11) is 0. The van der Waals surface area contributed by atoms with Crippen LogP contribution in [0.4, 0.5) is 0 Å². The van der Waals surface area contributed by atoms with Crippen LogP contribution in [-0.2, 0) is 9.53 Å². The van der Waals surface area contributed by atoms with Gasteiger partial charge in [-0.2, -0.15) is 0 Å². The van der Waals surface area contributed by atoms with Gasteiger partial charge in [-0.3, -0.25) is 4.79 Å². The second-order valence-corrected chi connectivity index (χ2v) is 8.18. The number of thiophene rings is 1. The second kappa shape index (κ2) is 9.04. The van der Waals surface area contributed by atoms with Gasteiger partial charge in [0.25, 0.3) is 5.91 Å². The van der Waals surface area contributed by atoms with E-state index in [0.717, 1.165) is 10.4 Å². The molecule has 0 spiro atoms. The van der Waals surface area contributed by atoms with E-state index in [-0.39, 0.29) is 35.1 Å². The molecule has 27 heavy (non-hydrogen) atoms. The minimum atomic E-state index is -0.698. The summed E-state index contributed by atoms with van der Waals surface area (Å²) in [5.74, 6) is -0.898. The molecule has 0 aliphatic rings. The Bertz CT molecular complexity index is 797. The van der Waals surface area contributed by atoms with E-state index < -0.39 is 12.6 Å². The van der Waals surface area contributed by atoms with E-state index in [9.17, 15) is 14.7 Å². The summed E-state index contributed by atoms with van der Waals surface area (Å²) in [5, 5.41) is 15.2. The Hall–Kier alpha value is -2.34. The van der Waals surface area contributed by atoms with Crippen LogP contribution >= 0.6 is 11.3 Å². The van der Waals surface area contributed by atoms with E-state index in [1.165, 1.54) is 0 Å². The maximum atomic E-state index is 12.5. The summed E-state index contributed by atoms with van der Waals surface area (Å²) in [5.41, 5.74) is 1.74. The molecule has 2 rings (SSSR count). The summed E-state index contributed by atoms with van der Waals surface area (Å²) >= 11 is 1.55. The molecule has 0 saturated heterocycles. The lowest BCUT2D eigenvalue weighted by Gasteiger charge is -2.17. The predicted molar refractivity (Wildman–Crippen MR) is 107 cm³/mol. The molecule has 1 heterocycles. The van der Waals surface area contributed by atoms with E-state index >= 15 is 0 Å². The van der Waals surface area contributed by atoms with Crippen LogP contribution in [0, 0.1) is 0 Å². The van der Waals surface area contributed by atoms with E-state index in [2.05, 4.69) is 5.32 Å². The van der Waals surface area contributed by atoms with Crippen molar-refractivity contribution >= 4 is 23.2 Å². The van der Waals surface area contributed by atoms with E-state index in [4.69, 9.17) is 4.74 Å². The smallest absolute Gasteiger partial charge is 0.342 e. The highest BCUT2D eigenvalue weighted by molar-refractivity contribution is 7.10. The van der Waals surface area contributed by atoms with Gasteiger partial charge < -0.3 is 15.2 Å². The molecule has 5 nitrogen and oxygen atoms in total. The van der Waals surface area contributed by atoms with Crippen molar-refractivity contribution < 1.29 is 19.4 Å². The number of esters is 1. The van der Waals surface area contributed by atoms with Gasteiger partial charge in [-0.15, -0.1) is 11.3 Å². The van der Waals surface area contributed by atoms with Crippen molar-refractivity contribution in [3.63, 3.8) is 0 Å². The number of rotatable bonds is 7. The Labute approximate surface area is 164 Å². The number of hydrogen-bond acceptors (Lipinski definition) is 5. The first-order valence-electron chi connectivity index (χ1n) is 9.07. The number of hydrogen-bond donors (Lipinski definition) is 2. The molecule has 0 saturated carbocycles. The van der Waals surface area contributed by atoms with E-state index in [1.807, 2.05) is 58.2 Å². The van der Waals surface area contributed by atoms with Crippen molar-refractivity contribution in [2.24, 2.45) is 0 Å². The molecule has 0 radical (unpaired) electrons. The number of benzene rings is 1. The fraction of sp³-hybridized carbons (Fsp3) is 0.429. The molecule has 1 aromatic heterocycles. The normalized spacial score (nSPS) is 12.3. The number of phenolic OH excluding ortho intramolecular Hbond substituents is 1. The highest BCUT2D eigenvalue weighted by Crippen LogP contribution is 2.33. The number of nitrogens with one attached hydrogen (secondary N) is 1. The minimum absolute atomic E-state index is 0.0604. The molecular weight excluding hydrogens is 362 g/mol. The van der Waals surface area contributed by atoms with Crippen LogP contribution in [0.2, 0.25) is 0 Å². The van der Waals surface area contributed by atoms with Gasteiger partial charge in [-0.25, -0.2) is 4.79 Å². The number of carbonyl (C=O) groups is 2. The number of phenols is 1. The number of amides is 1. The van der Waals surface area contributed by atoms with Crippen molar-refractivity contribution in [2.45, 2.75) is 52.5 Å². The van der Waals surface area contributed by atoms with Crippen LogP contribution in [0.3, 0.4) is 0 Å². The SMILES string of the molecule is CC(C)c1cc(C(=O)OCC(=O)N[C@H](C)c2cccs2)c(O)c(C(C)C)c1. The molecule has 2 N–H and O–H groups in total. The van der Waals surface area contributed by atoms with Gasteiger partial charge in [0.2, 0.25) is 0 Å². The number of ether oxygens (including phenoxy) is 1. The van der Waals surface area contributed by atoms with Gasteiger partial charge in [0, 0.05) is 4.88 Å². The Morgan fingerprint density at radius 3 is 2.41 bits per heavy atom. The monoisotopic (exact) mass is 389 g/mol. The molecule has 0 aliphatic heterocycles. The summed E-state index contributed by atoms with van der Waals surface area (Å²) < 4.78 is 5.15. The predicted octanol–water partition coefficient (Wildman–Crippen LogP) is 4.73. The lowest BCUT2D eigenvalue weighted by molar-refractivity contribution is -0.124. The Morgan fingerprint density at radius 2 is 1.85 bits per heavy atom. The first-order valence-corrected chi connectivity index (χ1v) is 9.95. The first kappa shape index (κ1) is 21.0. The molecular formula is C21H27NO4S.